The molecule has 1 aromatic rings. The van der Waals surface area contributed by atoms with E-state index in [4.69, 9.17) is 14.7 Å². The second-order valence-corrected chi connectivity index (χ2v) is 6.65. The highest BCUT2D eigenvalue weighted by Gasteiger charge is 2.39. The molecule has 1 N–H and O–H groups in total. The van der Waals surface area contributed by atoms with Gasteiger partial charge in [-0.25, -0.2) is 9.97 Å². The lowest BCUT2D eigenvalue weighted by Gasteiger charge is -2.28. The Kier molecular flexibility index (Phi) is 4.33. The van der Waals surface area contributed by atoms with Crippen molar-refractivity contribution in [3.05, 3.63) is 17.6 Å². The Hall–Kier alpha value is -1.16. The molecule has 1 fully saturated rings. The number of rotatable bonds is 4. The molecule has 0 radical (unpaired) electrons. The van der Waals surface area contributed by atoms with Gasteiger partial charge in [0.2, 0.25) is 0 Å². The lowest BCUT2D eigenvalue weighted by molar-refractivity contribution is -0.0164. The Labute approximate surface area is 122 Å². The minimum Gasteiger partial charge on any atom is -0.370 e. The molecule has 0 atom stereocenters. The molecule has 2 rings (SSSR count). The molecule has 0 bridgehead atoms. The van der Waals surface area contributed by atoms with E-state index in [1.54, 1.807) is 7.11 Å². The first-order valence-electron chi connectivity index (χ1n) is 7.60. The Morgan fingerprint density at radius 1 is 1.25 bits per heavy atom. The van der Waals surface area contributed by atoms with Crippen LogP contribution in [0.15, 0.2) is 6.07 Å². The van der Waals surface area contributed by atoms with Gasteiger partial charge in [-0.05, 0) is 32.6 Å². The number of nitrogens with one attached hydrogen (secondary N) is 1. The van der Waals surface area contributed by atoms with E-state index in [0.717, 1.165) is 36.7 Å². The van der Waals surface area contributed by atoms with Crippen LogP contribution in [0.25, 0.3) is 0 Å². The van der Waals surface area contributed by atoms with E-state index in [0.29, 0.717) is 0 Å². The first-order valence-corrected chi connectivity index (χ1v) is 7.60. The van der Waals surface area contributed by atoms with Gasteiger partial charge in [-0.15, -0.1) is 0 Å². The lowest BCUT2D eigenvalue weighted by atomic mass is 9.91. The SMILES string of the molecule is CCNc1cc(C(C)(C)C)nc(C2(OC)CCCC2)n1. The van der Waals surface area contributed by atoms with E-state index in [9.17, 15) is 0 Å². The maximum Gasteiger partial charge on any atom is 0.162 e. The molecule has 1 heterocycles. The molecule has 1 saturated carbocycles. The summed E-state index contributed by atoms with van der Waals surface area (Å²) in [5, 5.41) is 3.32. The molecule has 0 aromatic carbocycles. The number of methoxy groups -OCH3 is 1. The fraction of sp³-hybridized carbons (Fsp3) is 0.750. The van der Waals surface area contributed by atoms with Crippen LogP contribution in [-0.2, 0) is 15.8 Å². The zero-order chi connectivity index (χ0) is 14.8. The van der Waals surface area contributed by atoms with E-state index in [1.807, 2.05) is 0 Å². The molecule has 0 saturated heterocycles. The van der Waals surface area contributed by atoms with Gasteiger partial charge >= 0.3 is 0 Å². The summed E-state index contributed by atoms with van der Waals surface area (Å²) in [6.07, 6.45) is 4.41. The van der Waals surface area contributed by atoms with Gasteiger partial charge in [-0.3, -0.25) is 0 Å². The van der Waals surface area contributed by atoms with Crippen LogP contribution in [-0.4, -0.2) is 23.6 Å². The highest BCUT2D eigenvalue weighted by Crippen LogP contribution is 2.41. The molecule has 1 aliphatic carbocycles. The Morgan fingerprint density at radius 3 is 2.40 bits per heavy atom. The minimum atomic E-state index is -0.286. The number of ether oxygens (including phenoxy) is 1. The standard InChI is InChI=1S/C16H27N3O/c1-6-17-13-11-12(15(2,3)4)18-14(19-13)16(20-5)9-7-8-10-16/h11H,6-10H2,1-5H3,(H,17,18,19). The number of hydrogen-bond acceptors (Lipinski definition) is 4. The predicted molar refractivity (Wildman–Crippen MR) is 82.1 cm³/mol. The van der Waals surface area contributed by atoms with E-state index < -0.39 is 0 Å². The van der Waals surface area contributed by atoms with Gasteiger partial charge in [0.25, 0.3) is 0 Å². The van der Waals surface area contributed by atoms with Crippen LogP contribution in [0.2, 0.25) is 0 Å². The van der Waals surface area contributed by atoms with Crippen molar-refractivity contribution >= 4 is 5.82 Å². The molecule has 1 aromatic heterocycles. The topological polar surface area (TPSA) is 47.0 Å². The quantitative estimate of drug-likeness (QED) is 0.913. The number of anilines is 1. The first kappa shape index (κ1) is 15.2. The maximum absolute atomic E-state index is 5.83. The van der Waals surface area contributed by atoms with Gasteiger partial charge in [0.1, 0.15) is 11.4 Å². The highest BCUT2D eigenvalue weighted by molar-refractivity contribution is 5.38. The molecule has 0 spiro atoms. The average molecular weight is 277 g/mol. The van der Waals surface area contributed by atoms with E-state index in [2.05, 4.69) is 39.1 Å². The van der Waals surface area contributed by atoms with Crippen LogP contribution >= 0.6 is 0 Å². The summed E-state index contributed by atoms with van der Waals surface area (Å²) in [6.45, 7) is 9.50. The molecule has 0 aliphatic heterocycles. The monoisotopic (exact) mass is 277 g/mol. The summed E-state index contributed by atoms with van der Waals surface area (Å²) in [5.41, 5.74) is 0.794. The smallest absolute Gasteiger partial charge is 0.162 e. The molecular formula is C16H27N3O. The maximum atomic E-state index is 5.83. The molecule has 20 heavy (non-hydrogen) atoms. The molecule has 1 aliphatic rings. The van der Waals surface area contributed by atoms with Gasteiger partial charge < -0.3 is 10.1 Å². The average Bonchev–Trinajstić information content (AvgIpc) is 2.88. The van der Waals surface area contributed by atoms with E-state index >= 15 is 0 Å². The van der Waals surface area contributed by atoms with Crippen molar-refractivity contribution in [3.8, 4) is 0 Å². The number of nitrogens with zero attached hydrogens (tertiary/aromatic N) is 2. The van der Waals surface area contributed by atoms with Crippen LogP contribution in [0.1, 0.15) is 64.9 Å². The van der Waals surface area contributed by atoms with Gasteiger partial charge in [0.15, 0.2) is 5.82 Å². The van der Waals surface area contributed by atoms with Crippen LogP contribution in [0.3, 0.4) is 0 Å². The predicted octanol–water partition coefficient (Wildman–Crippen LogP) is 3.62. The summed E-state index contributed by atoms with van der Waals surface area (Å²) in [7, 11) is 1.78. The summed E-state index contributed by atoms with van der Waals surface area (Å²) in [6, 6.07) is 2.06. The Bertz CT molecular complexity index is 459. The second kappa shape index (κ2) is 5.68. The molecule has 0 unspecified atom stereocenters. The number of aromatic nitrogens is 2. The van der Waals surface area contributed by atoms with Crippen LogP contribution in [0.4, 0.5) is 5.82 Å². The number of hydrogen-bond donors (Lipinski definition) is 1. The first-order chi connectivity index (χ1) is 9.41. The zero-order valence-corrected chi connectivity index (χ0v) is 13.4. The van der Waals surface area contributed by atoms with Gasteiger partial charge in [-0.1, -0.05) is 20.8 Å². The van der Waals surface area contributed by atoms with Crippen molar-refractivity contribution in [1.82, 2.24) is 9.97 Å². The van der Waals surface area contributed by atoms with Crippen molar-refractivity contribution in [2.75, 3.05) is 19.0 Å². The molecular weight excluding hydrogens is 250 g/mol. The fourth-order valence-electron chi connectivity index (χ4n) is 2.77. The van der Waals surface area contributed by atoms with Crippen molar-refractivity contribution in [3.63, 3.8) is 0 Å². The summed E-state index contributed by atoms with van der Waals surface area (Å²) in [4.78, 5) is 9.55. The van der Waals surface area contributed by atoms with E-state index in [-0.39, 0.29) is 11.0 Å². The van der Waals surface area contributed by atoms with Gasteiger partial charge in [-0.2, -0.15) is 0 Å². The summed E-state index contributed by atoms with van der Waals surface area (Å²) in [5.74, 6) is 1.76. The van der Waals surface area contributed by atoms with Crippen LogP contribution in [0.5, 0.6) is 0 Å². The second-order valence-electron chi connectivity index (χ2n) is 6.65. The molecule has 4 nitrogen and oxygen atoms in total. The molecule has 4 heteroatoms. The van der Waals surface area contributed by atoms with E-state index in [1.165, 1.54) is 12.8 Å². The van der Waals surface area contributed by atoms with Crippen molar-refractivity contribution < 1.29 is 4.74 Å². The van der Waals surface area contributed by atoms with Gasteiger partial charge in [0.05, 0.1) is 5.69 Å². The van der Waals surface area contributed by atoms with Crippen molar-refractivity contribution in [2.45, 2.75) is 64.4 Å². The normalized spacial score (nSPS) is 18.2. The highest BCUT2D eigenvalue weighted by atomic mass is 16.5. The largest absolute Gasteiger partial charge is 0.370 e. The Balaban J connectivity index is 2.48. The Morgan fingerprint density at radius 2 is 1.90 bits per heavy atom. The summed E-state index contributed by atoms with van der Waals surface area (Å²) < 4.78 is 5.83. The third kappa shape index (κ3) is 2.95. The van der Waals surface area contributed by atoms with Gasteiger partial charge in [0, 0.05) is 25.1 Å². The molecule has 112 valence electrons. The van der Waals surface area contributed by atoms with Crippen LogP contribution < -0.4 is 5.32 Å². The third-order valence-corrected chi connectivity index (χ3v) is 4.06. The fourth-order valence-corrected chi connectivity index (χ4v) is 2.77. The third-order valence-electron chi connectivity index (χ3n) is 4.06. The molecule has 0 amide bonds. The van der Waals surface area contributed by atoms with Crippen molar-refractivity contribution in [1.29, 1.82) is 0 Å². The van der Waals surface area contributed by atoms with Crippen LogP contribution in [0, 0.1) is 0 Å². The zero-order valence-electron chi connectivity index (χ0n) is 13.4. The van der Waals surface area contributed by atoms with Crippen molar-refractivity contribution in [2.24, 2.45) is 0 Å². The summed E-state index contributed by atoms with van der Waals surface area (Å²) >= 11 is 0. The minimum absolute atomic E-state index is 0.00932. The lowest BCUT2D eigenvalue weighted by Crippen LogP contribution is -2.29.